The van der Waals surface area contributed by atoms with E-state index in [1.165, 1.54) is 0 Å². The summed E-state index contributed by atoms with van der Waals surface area (Å²) >= 11 is 0. The van der Waals surface area contributed by atoms with Gasteiger partial charge in [0.2, 0.25) is 0 Å². The van der Waals surface area contributed by atoms with Gasteiger partial charge in [0.1, 0.15) is 5.75 Å². The largest absolute Gasteiger partial charge is 0.452 e. The average molecular weight is 243 g/mol. The lowest BCUT2D eigenvalue weighted by molar-refractivity contribution is 0.476. The number of rotatable bonds is 2. The predicted molar refractivity (Wildman–Crippen MR) is 71.7 cm³/mol. The molecule has 0 fully saturated rings. The monoisotopic (exact) mass is 243 g/mol. The lowest BCUT2D eigenvalue weighted by atomic mass is 9.88. The van der Waals surface area contributed by atoms with Crippen molar-refractivity contribution in [2.75, 3.05) is 5.73 Å². The third kappa shape index (κ3) is 2.77. The Morgan fingerprint density at radius 3 is 2.67 bits per heavy atom. The molecular formula is C14H17N3O. The maximum Gasteiger partial charge on any atom is 0.169 e. The van der Waals surface area contributed by atoms with E-state index in [9.17, 15) is 0 Å². The zero-order valence-electron chi connectivity index (χ0n) is 10.8. The van der Waals surface area contributed by atoms with E-state index in [1.807, 2.05) is 12.3 Å². The summed E-state index contributed by atoms with van der Waals surface area (Å²) in [5.74, 6) is 1.59. The van der Waals surface area contributed by atoms with Crippen LogP contribution in [0.1, 0.15) is 26.3 Å². The Balaban J connectivity index is 2.28. The number of pyridine rings is 2. The van der Waals surface area contributed by atoms with Gasteiger partial charge in [-0.2, -0.15) is 0 Å². The fraction of sp³-hybridized carbons (Fsp3) is 0.286. The maximum atomic E-state index is 5.74. The van der Waals surface area contributed by atoms with Crippen molar-refractivity contribution in [2.24, 2.45) is 0 Å². The van der Waals surface area contributed by atoms with E-state index in [4.69, 9.17) is 10.5 Å². The Labute approximate surface area is 107 Å². The lowest BCUT2D eigenvalue weighted by Crippen LogP contribution is -2.11. The van der Waals surface area contributed by atoms with Gasteiger partial charge in [0.05, 0.1) is 6.20 Å². The number of nitrogens with two attached hydrogens (primary N) is 1. The molecule has 0 radical (unpaired) electrons. The van der Waals surface area contributed by atoms with E-state index >= 15 is 0 Å². The Hall–Kier alpha value is -2.10. The standard InChI is InChI=1S/C14H17N3O/c1-14(2,3)10-7-11(9-16-8-10)18-12-5-4-6-17-13(12)15/h4-9H,1-3H3,(H2,15,17). The molecule has 0 aliphatic heterocycles. The van der Waals surface area contributed by atoms with Crippen molar-refractivity contribution in [3.8, 4) is 11.5 Å². The number of ether oxygens (including phenoxy) is 1. The van der Waals surface area contributed by atoms with Crippen LogP contribution in [0.3, 0.4) is 0 Å². The Morgan fingerprint density at radius 2 is 2.00 bits per heavy atom. The lowest BCUT2D eigenvalue weighted by Gasteiger charge is -2.19. The van der Waals surface area contributed by atoms with Crippen molar-refractivity contribution in [2.45, 2.75) is 26.2 Å². The van der Waals surface area contributed by atoms with Crippen LogP contribution < -0.4 is 10.5 Å². The second-order valence-corrected chi connectivity index (χ2v) is 5.15. The van der Waals surface area contributed by atoms with Crippen LogP contribution >= 0.6 is 0 Å². The maximum absolute atomic E-state index is 5.74. The van der Waals surface area contributed by atoms with E-state index in [-0.39, 0.29) is 5.41 Å². The van der Waals surface area contributed by atoms with Gasteiger partial charge in [-0.25, -0.2) is 4.98 Å². The molecule has 18 heavy (non-hydrogen) atoms. The predicted octanol–water partition coefficient (Wildman–Crippen LogP) is 3.15. The van der Waals surface area contributed by atoms with Crippen molar-refractivity contribution in [1.29, 1.82) is 0 Å². The summed E-state index contributed by atoms with van der Waals surface area (Å²) in [6.07, 6.45) is 5.15. The number of hydrogen-bond acceptors (Lipinski definition) is 4. The van der Waals surface area contributed by atoms with Crippen molar-refractivity contribution in [3.05, 3.63) is 42.4 Å². The first-order chi connectivity index (χ1) is 8.47. The first-order valence-electron chi connectivity index (χ1n) is 5.81. The second-order valence-electron chi connectivity index (χ2n) is 5.15. The quantitative estimate of drug-likeness (QED) is 0.880. The molecule has 4 nitrogen and oxygen atoms in total. The molecule has 0 atom stereocenters. The molecule has 4 heteroatoms. The summed E-state index contributed by atoms with van der Waals surface area (Å²) in [6.45, 7) is 6.39. The smallest absolute Gasteiger partial charge is 0.169 e. The number of nitrogen functional groups attached to an aromatic ring is 1. The Kier molecular flexibility index (Phi) is 3.19. The molecule has 0 saturated carbocycles. The Bertz CT molecular complexity index is 547. The van der Waals surface area contributed by atoms with Gasteiger partial charge in [0, 0.05) is 12.4 Å². The minimum atomic E-state index is 0.0346. The van der Waals surface area contributed by atoms with Gasteiger partial charge < -0.3 is 10.5 Å². The van der Waals surface area contributed by atoms with Crippen molar-refractivity contribution >= 4 is 5.82 Å². The van der Waals surface area contributed by atoms with Gasteiger partial charge >= 0.3 is 0 Å². The second kappa shape index (κ2) is 4.64. The summed E-state index contributed by atoms with van der Waals surface area (Å²) in [7, 11) is 0. The molecule has 2 heterocycles. The third-order valence-corrected chi connectivity index (χ3v) is 2.61. The van der Waals surface area contributed by atoms with Crippen LogP contribution in [0.5, 0.6) is 11.5 Å². The number of aromatic nitrogens is 2. The molecule has 2 aromatic rings. The highest BCUT2D eigenvalue weighted by atomic mass is 16.5. The number of hydrogen-bond donors (Lipinski definition) is 1. The van der Waals surface area contributed by atoms with Crippen LogP contribution in [-0.2, 0) is 5.41 Å². The van der Waals surface area contributed by atoms with Crippen LogP contribution in [0.4, 0.5) is 5.82 Å². The minimum absolute atomic E-state index is 0.0346. The van der Waals surface area contributed by atoms with E-state index in [0.29, 0.717) is 17.3 Å². The molecule has 0 spiro atoms. The molecule has 2 aromatic heterocycles. The molecule has 94 valence electrons. The van der Waals surface area contributed by atoms with Crippen LogP contribution in [0.25, 0.3) is 0 Å². The zero-order chi connectivity index (χ0) is 13.2. The van der Waals surface area contributed by atoms with Crippen LogP contribution in [0, 0.1) is 0 Å². The minimum Gasteiger partial charge on any atom is -0.452 e. The topological polar surface area (TPSA) is 61.0 Å². The molecule has 0 saturated heterocycles. The molecular weight excluding hydrogens is 226 g/mol. The first kappa shape index (κ1) is 12.4. The summed E-state index contributed by atoms with van der Waals surface area (Å²) in [6, 6.07) is 5.54. The number of anilines is 1. The van der Waals surface area contributed by atoms with Crippen molar-refractivity contribution in [1.82, 2.24) is 9.97 Å². The van der Waals surface area contributed by atoms with Crippen LogP contribution in [-0.4, -0.2) is 9.97 Å². The fourth-order valence-electron chi connectivity index (χ4n) is 1.50. The van der Waals surface area contributed by atoms with Gasteiger partial charge in [-0.15, -0.1) is 0 Å². The molecule has 2 N–H and O–H groups in total. The number of nitrogens with zero attached hydrogens (tertiary/aromatic N) is 2. The van der Waals surface area contributed by atoms with E-state index < -0.39 is 0 Å². The third-order valence-electron chi connectivity index (χ3n) is 2.61. The van der Waals surface area contributed by atoms with E-state index in [2.05, 4.69) is 30.7 Å². The molecule has 0 unspecified atom stereocenters. The van der Waals surface area contributed by atoms with Gasteiger partial charge in [0.25, 0.3) is 0 Å². The fourth-order valence-corrected chi connectivity index (χ4v) is 1.50. The summed E-state index contributed by atoms with van der Waals surface area (Å²) in [5, 5.41) is 0. The van der Waals surface area contributed by atoms with Gasteiger partial charge in [-0.1, -0.05) is 20.8 Å². The zero-order valence-corrected chi connectivity index (χ0v) is 10.8. The van der Waals surface area contributed by atoms with Gasteiger partial charge in [0.15, 0.2) is 11.6 Å². The molecule has 0 aromatic carbocycles. The van der Waals surface area contributed by atoms with E-state index in [1.54, 1.807) is 24.5 Å². The van der Waals surface area contributed by atoms with Gasteiger partial charge in [-0.05, 0) is 29.2 Å². The van der Waals surface area contributed by atoms with Crippen molar-refractivity contribution < 1.29 is 4.74 Å². The normalized spacial score (nSPS) is 11.3. The van der Waals surface area contributed by atoms with Crippen LogP contribution in [0.2, 0.25) is 0 Å². The molecule has 0 aliphatic rings. The first-order valence-corrected chi connectivity index (χ1v) is 5.81. The Morgan fingerprint density at radius 1 is 1.22 bits per heavy atom. The molecule has 0 amide bonds. The summed E-state index contributed by atoms with van der Waals surface area (Å²) in [5.41, 5.74) is 6.88. The summed E-state index contributed by atoms with van der Waals surface area (Å²) < 4.78 is 5.69. The van der Waals surface area contributed by atoms with Gasteiger partial charge in [-0.3, -0.25) is 4.98 Å². The molecule has 0 aliphatic carbocycles. The average Bonchev–Trinajstić information content (AvgIpc) is 2.31. The highest BCUT2D eigenvalue weighted by Crippen LogP contribution is 2.28. The summed E-state index contributed by atoms with van der Waals surface area (Å²) in [4.78, 5) is 8.17. The highest BCUT2D eigenvalue weighted by molar-refractivity contribution is 5.47. The van der Waals surface area contributed by atoms with Crippen LogP contribution in [0.15, 0.2) is 36.8 Å². The van der Waals surface area contributed by atoms with E-state index in [0.717, 1.165) is 5.56 Å². The molecule has 0 bridgehead atoms. The van der Waals surface area contributed by atoms with Crippen molar-refractivity contribution in [3.63, 3.8) is 0 Å². The molecule has 2 rings (SSSR count). The highest BCUT2D eigenvalue weighted by Gasteiger charge is 2.15. The SMILES string of the molecule is CC(C)(C)c1cncc(Oc2cccnc2N)c1.